The first kappa shape index (κ1) is 17.9. The minimum absolute atomic E-state index is 0.159. The standard InChI is InChI=1S/C19H27N3O3S/c23-17(13-5-6-13)20-8-7-15-12-26-18(21-15)14-3-1-9-22(11-14)19(24)16-4-2-10-25-16/h12-14,16H,1-11H2,(H,20,23)/t14-,16-/m1/s1. The van der Waals surface area contributed by atoms with E-state index >= 15 is 0 Å². The van der Waals surface area contributed by atoms with E-state index in [1.54, 1.807) is 11.3 Å². The first-order valence-corrected chi connectivity index (χ1v) is 10.7. The molecule has 2 atom stereocenters. The van der Waals surface area contributed by atoms with Crippen LogP contribution in [0.4, 0.5) is 0 Å². The molecule has 0 aromatic carbocycles. The Labute approximate surface area is 158 Å². The van der Waals surface area contributed by atoms with Crippen LogP contribution in [-0.2, 0) is 20.7 Å². The van der Waals surface area contributed by atoms with Crippen LogP contribution in [0.5, 0.6) is 0 Å². The van der Waals surface area contributed by atoms with E-state index in [-0.39, 0.29) is 23.8 Å². The molecule has 0 unspecified atom stereocenters. The maximum absolute atomic E-state index is 12.6. The van der Waals surface area contributed by atoms with Crippen molar-refractivity contribution in [2.75, 3.05) is 26.2 Å². The van der Waals surface area contributed by atoms with Crippen LogP contribution in [0.25, 0.3) is 0 Å². The SMILES string of the molecule is O=C(NCCc1csc([C@@H]2CCCN(C(=O)[C@H]3CCCO3)C2)n1)C1CC1. The number of nitrogens with zero attached hydrogens (tertiary/aromatic N) is 2. The summed E-state index contributed by atoms with van der Waals surface area (Å²) in [6.45, 7) is 2.96. The second kappa shape index (κ2) is 8.05. The summed E-state index contributed by atoms with van der Waals surface area (Å²) >= 11 is 1.69. The van der Waals surface area contributed by atoms with Gasteiger partial charge < -0.3 is 15.0 Å². The van der Waals surface area contributed by atoms with E-state index in [0.717, 1.165) is 68.7 Å². The van der Waals surface area contributed by atoms with E-state index < -0.39 is 0 Å². The molecule has 2 saturated heterocycles. The number of aromatic nitrogens is 1. The van der Waals surface area contributed by atoms with Crippen LogP contribution in [0.15, 0.2) is 5.38 Å². The fraction of sp³-hybridized carbons (Fsp3) is 0.737. The van der Waals surface area contributed by atoms with Crippen LogP contribution in [0, 0.1) is 5.92 Å². The van der Waals surface area contributed by atoms with Crippen LogP contribution in [0.3, 0.4) is 0 Å². The Kier molecular flexibility index (Phi) is 5.55. The first-order valence-electron chi connectivity index (χ1n) is 9.83. The minimum atomic E-state index is -0.226. The fourth-order valence-electron chi connectivity index (χ4n) is 3.78. The zero-order valence-electron chi connectivity index (χ0n) is 15.1. The number of thiazole rings is 1. The maximum atomic E-state index is 12.6. The third-order valence-corrected chi connectivity index (χ3v) is 6.54. The summed E-state index contributed by atoms with van der Waals surface area (Å²) in [5.74, 6) is 0.937. The summed E-state index contributed by atoms with van der Waals surface area (Å²) in [6, 6.07) is 0. The number of piperidine rings is 1. The molecule has 2 amide bonds. The van der Waals surface area contributed by atoms with Crippen LogP contribution < -0.4 is 5.32 Å². The smallest absolute Gasteiger partial charge is 0.251 e. The first-order chi connectivity index (χ1) is 12.7. The van der Waals surface area contributed by atoms with E-state index in [9.17, 15) is 9.59 Å². The Balaban J connectivity index is 1.28. The molecule has 7 heteroatoms. The summed E-state index contributed by atoms with van der Waals surface area (Å²) < 4.78 is 5.56. The van der Waals surface area contributed by atoms with E-state index in [2.05, 4.69) is 10.7 Å². The highest BCUT2D eigenvalue weighted by Crippen LogP contribution is 2.31. The van der Waals surface area contributed by atoms with Crippen molar-refractivity contribution in [3.63, 3.8) is 0 Å². The molecule has 142 valence electrons. The molecular formula is C19H27N3O3S. The zero-order valence-corrected chi connectivity index (χ0v) is 15.9. The third-order valence-electron chi connectivity index (χ3n) is 5.49. The number of nitrogens with one attached hydrogen (secondary N) is 1. The number of rotatable bonds is 6. The number of carbonyl (C=O) groups is 2. The Morgan fingerprint density at radius 3 is 2.92 bits per heavy atom. The van der Waals surface area contributed by atoms with Gasteiger partial charge in [0.25, 0.3) is 5.91 Å². The van der Waals surface area contributed by atoms with Crippen LogP contribution >= 0.6 is 11.3 Å². The molecule has 4 rings (SSSR count). The molecule has 1 N–H and O–H groups in total. The maximum Gasteiger partial charge on any atom is 0.251 e. The molecule has 0 bridgehead atoms. The summed E-state index contributed by atoms with van der Waals surface area (Å²) in [6.07, 6.45) is 6.58. The molecule has 0 spiro atoms. The number of hydrogen-bond acceptors (Lipinski definition) is 5. The molecule has 3 heterocycles. The lowest BCUT2D eigenvalue weighted by molar-refractivity contribution is -0.142. The quantitative estimate of drug-likeness (QED) is 0.824. The van der Waals surface area contributed by atoms with E-state index in [1.165, 1.54) is 0 Å². The van der Waals surface area contributed by atoms with Gasteiger partial charge in [0.1, 0.15) is 6.10 Å². The lowest BCUT2D eigenvalue weighted by Crippen LogP contribution is -2.44. The largest absolute Gasteiger partial charge is 0.368 e. The van der Waals surface area contributed by atoms with Crippen LogP contribution in [-0.4, -0.2) is 54.0 Å². The second-order valence-electron chi connectivity index (χ2n) is 7.62. The highest BCUT2D eigenvalue weighted by Gasteiger charge is 2.33. The summed E-state index contributed by atoms with van der Waals surface area (Å²) in [4.78, 5) is 31.0. The van der Waals surface area contributed by atoms with E-state index in [1.807, 2.05) is 4.90 Å². The van der Waals surface area contributed by atoms with Gasteiger partial charge in [-0.05, 0) is 38.5 Å². The Morgan fingerprint density at radius 2 is 2.15 bits per heavy atom. The van der Waals surface area contributed by atoms with Crippen molar-refractivity contribution in [3.05, 3.63) is 16.1 Å². The number of amides is 2. The monoisotopic (exact) mass is 377 g/mol. The predicted molar refractivity (Wildman–Crippen MR) is 99.1 cm³/mol. The minimum Gasteiger partial charge on any atom is -0.368 e. The van der Waals surface area contributed by atoms with Gasteiger partial charge in [-0.15, -0.1) is 11.3 Å². The van der Waals surface area contributed by atoms with E-state index in [4.69, 9.17) is 9.72 Å². The second-order valence-corrected chi connectivity index (χ2v) is 8.51. The van der Waals surface area contributed by atoms with Crippen LogP contribution in [0.1, 0.15) is 55.1 Å². The number of ether oxygens (including phenoxy) is 1. The average Bonchev–Trinajstić information content (AvgIpc) is 3.18. The lowest BCUT2D eigenvalue weighted by atomic mass is 9.98. The topological polar surface area (TPSA) is 71.5 Å². The molecule has 0 radical (unpaired) electrons. The van der Waals surface area contributed by atoms with Crippen molar-refractivity contribution in [2.24, 2.45) is 5.92 Å². The van der Waals surface area contributed by atoms with Crippen molar-refractivity contribution in [1.82, 2.24) is 15.2 Å². The van der Waals surface area contributed by atoms with Crippen LogP contribution in [0.2, 0.25) is 0 Å². The predicted octanol–water partition coefficient (Wildman–Crippen LogP) is 2.10. The number of likely N-dealkylation sites (tertiary alicyclic amines) is 1. The molecule has 1 aromatic rings. The van der Waals surface area contributed by atoms with Gasteiger partial charge in [0.15, 0.2) is 0 Å². The molecular weight excluding hydrogens is 350 g/mol. The molecule has 6 nitrogen and oxygen atoms in total. The van der Waals surface area contributed by atoms with Gasteiger partial charge in [-0.2, -0.15) is 0 Å². The van der Waals surface area contributed by atoms with Gasteiger partial charge in [-0.25, -0.2) is 4.98 Å². The van der Waals surface area contributed by atoms with Crippen molar-refractivity contribution in [2.45, 2.75) is 57.0 Å². The Morgan fingerprint density at radius 1 is 1.27 bits per heavy atom. The zero-order chi connectivity index (χ0) is 17.9. The van der Waals surface area contributed by atoms with Crippen molar-refractivity contribution in [1.29, 1.82) is 0 Å². The van der Waals surface area contributed by atoms with Crippen molar-refractivity contribution < 1.29 is 14.3 Å². The number of carbonyl (C=O) groups excluding carboxylic acids is 2. The average molecular weight is 378 g/mol. The summed E-state index contributed by atoms with van der Waals surface area (Å²) in [5, 5.41) is 6.21. The normalized spacial score (nSPS) is 26.1. The number of hydrogen-bond donors (Lipinski definition) is 1. The lowest BCUT2D eigenvalue weighted by Gasteiger charge is -2.33. The molecule has 1 aromatic heterocycles. The van der Waals surface area contributed by atoms with Crippen molar-refractivity contribution in [3.8, 4) is 0 Å². The Hall–Kier alpha value is -1.47. The molecule has 3 fully saturated rings. The summed E-state index contributed by atoms with van der Waals surface area (Å²) in [7, 11) is 0. The highest BCUT2D eigenvalue weighted by molar-refractivity contribution is 7.09. The van der Waals surface area contributed by atoms with Gasteiger partial charge in [-0.1, -0.05) is 0 Å². The van der Waals surface area contributed by atoms with Crippen molar-refractivity contribution >= 4 is 23.2 Å². The molecule has 1 saturated carbocycles. The highest BCUT2D eigenvalue weighted by atomic mass is 32.1. The molecule has 1 aliphatic carbocycles. The van der Waals surface area contributed by atoms with Gasteiger partial charge in [0.2, 0.25) is 5.91 Å². The summed E-state index contributed by atoms with van der Waals surface area (Å²) in [5.41, 5.74) is 1.05. The van der Waals surface area contributed by atoms with E-state index in [0.29, 0.717) is 19.1 Å². The third kappa shape index (κ3) is 4.26. The molecule has 3 aliphatic rings. The van der Waals surface area contributed by atoms with Gasteiger partial charge in [0, 0.05) is 49.9 Å². The molecule has 2 aliphatic heterocycles. The molecule has 26 heavy (non-hydrogen) atoms. The van der Waals surface area contributed by atoms with Gasteiger partial charge in [-0.3, -0.25) is 9.59 Å². The van der Waals surface area contributed by atoms with Gasteiger partial charge >= 0.3 is 0 Å². The van der Waals surface area contributed by atoms with Gasteiger partial charge in [0.05, 0.1) is 10.7 Å². The Bertz CT molecular complexity index is 652. The fourth-order valence-corrected chi connectivity index (χ4v) is 4.77.